The summed E-state index contributed by atoms with van der Waals surface area (Å²) in [5.41, 5.74) is 4.10. The monoisotopic (exact) mass is 669 g/mol. The molecular formula is C36H40ClN7O4. The number of rotatable bonds is 8. The largest absolute Gasteiger partial charge is 0.461 e. The molecule has 2 fully saturated rings. The highest BCUT2D eigenvalue weighted by Gasteiger charge is 2.35. The van der Waals surface area contributed by atoms with Crippen LogP contribution in [0, 0.1) is 11.3 Å². The zero-order valence-electron chi connectivity index (χ0n) is 26.8. The first kappa shape index (κ1) is 33.3. The van der Waals surface area contributed by atoms with Crippen molar-refractivity contribution in [3.05, 3.63) is 89.6 Å². The first-order valence-electron chi connectivity index (χ1n) is 16.3. The summed E-state index contributed by atoms with van der Waals surface area (Å²) in [7, 11) is 0. The predicted molar refractivity (Wildman–Crippen MR) is 186 cm³/mol. The third-order valence-corrected chi connectivity index (χ3v) is 9.08. The van der Waals surface area contributed by atoms with E-state index >= 15 is 0 Å². The van der Waals surface area contributed by atoms with E-state index < -0.39 is 6.09 Å². The molecule has 1 N–H and O–H groups in total. The van der Waals surface area contributed by atoms with E-state index in [0.29, 0.717) is 51.9 Å². The Morgan fingerprint density at radius 2 is 1.83 bits per heavy atom. The highest BCUT2D eigenvalue weighted by molar-refractivity contribution is 5.94. The number of carbonyl (C=O) groups is 1. The van der Waals surface area contributed by atoms with Crippen molar-refractivity contribution in [1.82, 2.24) is 20.2 Å². The van der Waals surface area contributed by atoms with Crippen LogP contribution in [0.3, 0.4) is 0 Å². The van der Waals surface area contributed by atoms with E-state index in [1.807, 2.05) is 30.3 Å². The molecule has 0 bridgehead atoms. The van der Waals surface area contributed by atoms with E-state index in [1.54, 1.807) is 4.90 Å². The van der Waals surface area contributed by atoms with Gasteiger partial charge in [-0.25, -0.2) is 4.79 Å². The minimum atomic E-state index is -0.408. The molecule has 0 radical (unpaired) electrons. The number of nitrogens with one attached hydrogen (secondary N) is 1. The second kappa shape index (κ2) is 15.5. The van der Waals surface area contributed by atoms with Gasteiger partial charge >= 0.3 is 12.1 Å². The molecule has 2 saturated heterocycles. The number of benzene rings is 3. The first-order valence-corrected chi connectivity index (χ1v) is 16.3. The van der Waals surface area contributed by atoms with E-state index in [1.165, 1.54) is 16.5 Å². The number of ether oxygens (including phenoxy) is 3. The van der Waals surface area contributed by atoms with E-state index in [2.05, 4.69) is 63.7 Å². The van der Waals surface area contributed by atoms with Gasteiger partial charge in [-0.15, -0.1) is 12.4 Å². The molecule has 1 aromatic heterocycles. The zero-order valence-corrected chi connectivity index (χ0v) is 27.6. The van der Waals surface area contributed by atoms with Gasteiger partial charge in [0.2, 0.25) is 0 Å². The van der Waals surface area contributed by atoms with Crippen LogP contribution >= 0.6 is 12.4 Å². The molecule has 0 saturated carbocycles. The van der Waals surface area contributed by atoms with Crippen LogP contribution in [0.4, 0.5) is 16.3 Å². The van der Waals surface area contributed by atoms with Gasteiger partial charge in [0.25, 0.3) is 0 Å². The van der Waals surface area contributed by atoms with Gasteiger partial charge in [-0.3, -0.25) is 0 Å². The summed E-state index contributed by atoms with van der Waals surface area (Å²) in [5.74, 6) is 0.811. The summed E-state index contributed by atoms with van der Waals surface area (Å²) in [6.07, 6.45) is 0.458. The van der Waals surface area contributed by atoms with Gasteiger partial charge in [0.1, 0.15) is 25.1 Å². The third kappa shape index (κ3) is 7.41. The van der Waals surface area contributed by atoms with E-state index in [-0.39, 0.29) is 37.6 Å². The van der Waals surface area contributed by atoms with Gasteiger partial charge in [0, 0.05) is 55.9 Å². The number of fused-ring (bicyclic) bond motifs is 2. The number of hydrogen-bond acceptors (Lipinski definition) is 10. The minimum absolute atomic E-state index is 0. The highest BCUT2D eigenvalue weighted by atomic mass is 35.5. The molecule has 4 heterocycles. The number of amides is 1. The summed E-state index contributed by atoms with van der Waals surface area (Å²) >= 11 is 0. The van der Waals surface area contributed by atoms with Crippen LogP contribution in [-0.2, 0) is 29.0 Å². The number of halogens is 1. The lowest BCUT2D eigenvalue weighted by atomic mass is 10.0. The van der Waals surface area contributed by atoms with Crippen molar-refractivity contribution in [2.75, 3.05) is 62.3 Å². The molecule has 2 atom stereocenters. The van der Waals surface area contributed by atoms with Crippen LogP contribution in [0.25, 0.3) is 10.8 Å². The Bertz CT molecular complexity index is 1740. The maximum absolute atomic E-state index is 13.2. The van der Waals surface area contributed by atoms with E-state index in [4.69, 9.17) is 24.2 Å². The van der Waals surface area contributed by atoms with Gasteiger partial charge in [0.05, 0.1) is 37.4 Å². The van der Waals surface area contributed by atoms with E-state index in [9.17, 15) is 10.1 Å². The van der Waals surface area contributed by atoms with Crippen LogP contribution in [0.5, 0.6) is 6.01 Å². The Morgan fingerprint density at radius 3 is 2.67 bits per heavy atom. The van der Waals surface area contributed by atoms with Crippen molar-refractivity contribution in [3.63, 3.8) is 0 Å². The Hall–Kier alpha value is -4.63. The number of hydrogen-bond donors (Lipinski definition) is 1. The van der Waals surface area contributed by atoms with Gasteiger partial charge in [-0.2, -0.15) is 15.2 Å². The molecule has 3 aliphatic rings. The second-order valence-electron chi connectivity index (χ2n) is 12.1. The minimum Gasteiger partial charge on any atom is -0.461 e. The number of morpholine rings is 1. The fourth-order valence-electron chi connectivity index (χ4n) is 6.67. The molecule has 1 unspecified atom stereocenters. The van der Waals surface area contributed by atoms with E-state index in [0.717, 1.165) is 42.1 Å². The topological polar surface area (TPSA) is 116 Å². The van der Waals surface area contributed by atoms with Crippen LogP contribution in [-0.4, -0.2) is 85.6 Å². The van der Waals surface area contributed by atoms with Gasteiger partial charge in [0.15, 0.2) is 0 Å². The van der Waals surface area contributed by atoms with Gasteiger partial charge in [-0.1, -0.05) is 66.7 Å². The second-order valence-corrected chi connectivity index (χ2v) is 12.1. The molecule has 3 aromatic carbocycles. The van der Waals surface area contributed by atoms with Crippen molar-refractivity contribution in [3.8, 4) is 12.1 Å². The van der Waals surface area contributed by atoms with Crippen molar-refractivity contribution < 1.29 is 19.0 Å². The maximum Gasteiger partial charge on any atom is 0.410 e. The SMILES string of the molecule is Cl.N#CCC1CN(c2nc(OC[C@@H]3CNCCO3)nc3c2CCN(c2cccc4ccccc24)C3)CCN1C(=O)OCc1ccccc1. The number of nitriles is 1. The first-order chi connectivity index (χ1) is 23.2. The van der Waals surface area contributed by atoms with Crippen molar-refractivity contribution in [2.45, 2.75) is 38.1 Å². The molecule has 3 aliphatic heterocycles. The van der Waals surface area contributed by atoms with Crippen molar-refractivity contribution >= 4 is 40.8 Å². The average Bonchev–Trinajstić information content (AvgIpc) is 3.13. The molecule has 4 aromatic rings. The number of piperazine rings is 1. The lowest BCUT2D eigenvalue weighted by molar-refractivity contribution is -0.00183. The molecule has 7 rings (SSSR count). The van der Waals surface area contributed by atoms with Gasteiger partial charge < -0.3 is 34.2 Å². The normalized spacial score (nSPS) is 19.2. The van der Waals surface area contributed by atoms with Gasteiger partial charge in [-0.05, 0) is 23.4 Å². The number of nitrogens with zero attached hydrogens (tertiary/aromatic N) is 6. The predicted octanol–water partition coefficient (Wildman–Crippen LogP) is 4.72. The molecule has 11 nitrogen and oxygen atoms in total. The van der Waals surface area contributed by atoms with Crippen molar-refractivity contribution in [1.29, 1.82) is 5.26 Å². The highest BCUT2D eigenvalue weighted by Crippen LogP contribution is 2.35. The Kier molecular flexibility index (Phi) is 10.8. The lowest BCUT2D eigenvalue weighted by Gasteiger charge is -2.42. The number of aromatic nitrogens is 2. The molecular weight excluding hydrogens is 630 g/mol. The molecule has 250 valence electrons. The van der Waals surface area contributed by atoms with Crippen LogP contribution in [0.15, 0.2) is 72.8 Å². The van der Waals surface area contributed by atoms with Crippen LogP contribution < -0.4 is 19.9 Å². The summed E-state index contributed by atoms with van der Waals surface area (Å²) in [6, 6.07) is 26.7. The standard InChI is InChI=1S/C36H39N7O4.ClH/c37-15-13-28-22-42(18-19-43(28)36(44)47-24-26-7-2-1-3-8-26)34-31-14-17-41(33-12-6-10-27-9-4-5-11-30(27)33)23-32(31)39-35(40-34)46-25-29-21-38-16-20-45-29;/h1-12,28-29,38H,13-14,16-25H2;1H/t28?,29-;/m0./s1. The fraction of sp³-hybridized carbons (Fsp3) is 0.389. The smallest absolute Gasteiger partial charge is 0.410 e. The molecule has 0 spiro atoms. The summed E-state index contributed by atoms with van der Waals surface area (Å²) in [6.45, 7) is 5.56. The fourth-order valence-corrected chi connectivity index (χ4v) is 6.67. The zero-order chi connectivity index (χ0) is 32.0. The molecule has 0 aliphatic carbocycles. The maximum atomic E-state index is 13.2. The summed E-state index contributed by atoms with van der Waals surface area (Å²) < 4.78 is 17.7. The Labute approximate surface area is 286 Å². The Balaban J connectivity index is 0.00000401. The molecule has 48 heavy (non-hydrogen) atoms. The molecule has 1 amide bonds. The third-order valence-electron chi connectivity index (χ3n) is 9.08. The van der Waals surface area contributed by atoms with Crippen molar-refractivity contribution in [2.24, 2.45) is 0 Å². The Morgan fingerprint density at radius 1 is 1.00 bits per heavy atom. The number of anilines is 2. The summed E-state index contributed by atoms with van der Waals surface area (Å²) in [5, 5.41) is 15.5. The summed E-state index contributed by atoms with van der Waals surface area (Å²) in [4.78, 5) is 29.3. The lowest BCUT2D eigenvalue weighted by Crippen LogP contribution is -2.55. The average molecular weight is 670 g/mol. The quantitative estimate of drug-likeness (QED) is 0.283. The molecule has 12 heteroatoms. The van der Waals surface area contributed by atoms with Crippen LogP contribution in [0.1, 0.15) is 23.2 Å². The number of carbonyl (C=O) groups excluding carboxylic acids is 1. The van der Waals surface area contributed by atoms with Crippen LogP contribution in [0.2, 0.25) is 0 Å².